The van der Waals surface area contributed by atoms with Crippen molar-refractivity contribution in [1.29, 1.82) is 0 Å². The highest BCUT2D eigenvalue weighted by molar-refractivity contribution is 8.13. The first-order valence-electron chi connectivity index (χ1n) is 8.36. The number of nitrogens with zero attached hydrogens (tertiary/aromatic N) is 1. The van der Waals surface area contributed by atoms with Crippen LogP contribution in [-0.2, 0) is 5.54 Å². The standard InChI is InChI=1S/C16H21FN2S.C2H6/c1-11-19-16(14-9-13(18)6-7-15(14)17)8-4-2-3-5-12(16)10-20-11;1-2/h6-7,9,12H,2-5,8,10,18H2,1H3;1-2H3. The summed E-state index contributed by atoms with van der Waals surface area (Å²) in [6.45, 7) is 6.04. The largest absolute Gasteiger partial charge is 0.399 e. The van der Waals surface area contributed by atoms with Gasteiger partial charge in [0.05, 0.1) is 10.6 Å². The number of hydrogen-bond acceptors (Lipinski definition) is 3. The molecule has 0 aromatic heterocycles. The van der Waals surface area contributed by atoms with Crippen molar-refractivity contribution >= 4 is 22.5 Å². The predicted octanol–water partition coefficient (Wildman–Crippen LogP) is 5.37. The lowest BCUT2D eigenvalue weighted by Crippen LogP contribution is -2.38. The highest BCUT2D eigenvalue weighted by Gasteiger charge is 2.44. The summed E-state index contributed by atoms with van der Waals surface area (Å²) >= 11 is 1.81. The van der Waals surface area contributed by atoms with Gasteiger partial charge in [-0.05, 0) is 43.9 Å². The van der Waals surface area contributed by atoms with Gasteiger partial charge in [-0.15, -0.1) is 11.8 Å². The number of fused-ring (bicyclic) bond motifs is 1. The third-order valence-electron chi connectivity index (χ3n) is 4.59. The number of aliphatic imine (C=N–C) groups is 1. The van der Waals surface area contributed by atoms with Crippen LogP contribution in [0, 0.1) is 11.7 Å². The van der Waals surface area contributed by atoms with Gasteiger partial charge in [-0.25, -0.2) is 4.39 Å². The molecule has 4 heteroatoms. The van der Waals surface area contributed by atoms with E-state index in [9.17, 15) is 4.39 Å². The predicted molar refractivity (Wildman–Crippen MR) is 96.0 cm³/mol. The lowest BCUT2D eigenvalue weighted by Gasteiger charge is -2.40. The van der Waals surface area contributed by atoms with E-state index in [1.54, 1.807) is 12.1 Å². The number of thioether (sulfide) groups is 1. The second kappa shape index (κ2) is 7.49. The second-order valence-corrected chi connectivity index (χ2v) is 7.11. The molecule has 1 aromatic rings. The third-order valence-corrected chi connectivity index (χ3v) is 5.67. The van der Waals surface area contributed by atoms with E-state index in [-0.39, 0.29) is 11.4 Å². The number of halogens is 1. The Hall–Kier alpha value is -1.03. The summed E-state index contributed by atoms with van der Waals surface area (Å²) in [6.07, 6.45) is 5.65. The van der Waals surface area contributed by atoms with Crippen molar-refractivity contribution in [3.63, 3.8) is 0 Å². The fourth-order valence-electron chi connectivity index (χ4n) is 3.60. The van der Waals surface area contributed by atoms with Gasteiger partial charge in [-0.1, -0.05) is 33.1 Å². The Morgan fingerprint density at radius 2 is 2.05 bits per heavy atom. The van der Waals surface area contributed by atoms with Crippen molar-refractivity contribution < 1.29 is 4.39 Å². The van der Waals surface area contributed by atoms with Gasteiger partial charge in [0, 0.05) is 17.0 Å². The molecule has 0 saturated heterocycles. The number of nitrogen functional groups attached to an aromatic ring is 1. The van der Waals surface area contributed by atoms with E-state index in [2.05, 4.69) is 0 Å². The van der Waals surface area contributed by atoms with Gasteiger partial charge in [-0.2, -0.15) is 0 Å². The van der Waals surface area contributed by atoms with Crippen LogP contribution in [-0.4, -0.2) is 10.8 Å². The van der Waals surface area contributed by atoms with E-state index >= 15 is 0 Å². The molecule has 2 nitrogen and oxygen atoms in total. The number of nitrogens with two attached hydrogens (primary N) is 1. The molecule has 22 heavy (non-hydrogen) atoms. The van der Waals surface area contributed by atoms with Gasteiger partial charge in [0.1, 0.15) is 5.82 Å². The fourth-order valence-corrected chi connectivity index (χ4v) is 4.71. The molecule has 0 bridgehead atoms. The monoisotopic (exact) mass is 322 g/mol. The molecule has 1 aromatic carbocycles. The average molecular weight is 322 g/mol. The lowest BCUT2D eigenvalue weighted by molar-refractivity contribution is 0.274. The Kier molecular flexibility index (Phi) is 5.90. The third kappa shape index (κ3) is 3.32. The molecule has 1 aliphatic carbocycles. The summed E-state index contributed by atoms with van der Waals surface area (Å²) in [4.78, 5) is 4.95. The van der Waals surface area contributed by atoms with Crippen LogP contribution in [0.15, 0.2) is 23.2 Å². The average Bonchev–Trinajstić information content (AvgIpc) is 2.74. The van der Waals surface area contributed by atoms with Crippen molar-refractivity contribution in [2.75, 3.05) is 11.5 Å². The summed E-state index contributed by atoms with van der Waals surface area (Å²) in [5.74, 6) is 1.31. The van der Waals surface area contributed by atoms with Crippen LogP contribution in [0.2, 0.25) is 0 Å². The molecule has 0 radical (unpaired) electrons. The number of benzene rings is 1. The maximum absolute atomic E-state index is 14.4. The highest BCUT2D eigenvalue weighted by Crippen LogP contribution is 2.49. The minimum absolute atomic E-state index is 0.158. The molecule has 1 aliphatic heterocycles. The maximum Gasteiger partial charge on any atom is 0.129 e. The summed E-state index contributed by atoms with van der Waals surface area (Å²) in [5, 5.41) is 1.07. The van der Waals surface area contributed by atoms with Crippen LogP contribution in [0.5, 0.6) is 0 Å². The molecule has 1 heterocycles. The first-order chi connectivity index (χ1) is 10.6. The van der Waals surface area contributed by atoms with Crippen LogP contribution in [0.1, 0.15) is 58.4 Å². The van der Waals surface area contributed by atoms with Gasteiger partial charge >= 0.3 is 0 Å². The maximum atomic E-state index is 14.4. The second-order valence-electron chi connectivity index (χ2n) is 5.90. The zero-order valence-electron chi connectivity index (χ0n) is 13.9. The minimum Gasteiger partial charge on any atom is -0.399 e. The number of anilines is 1. The van der Waals surface area contributed by atoms with Crippen LogP contribution < -0.4 is 5.73 Å². The van der Waals surface area contributed by atoms with Crippen molar-refractivity contribution in [3.8, 4) is 0 Å². The van der Waals surface area contributed by atoms with Crippen molar-refractivity contribution in [2.45, 2.75) is 58.4 Å². The summed E-state index contributed by atoms with van der Waals surface area (Å²) in [7, 11) is 0. The van der Waals surface area contributed by atoms with E-state index < -0.39 is 0 Å². The molecule has 0 spiro atoms. The molecule has 2 aliphatic rings. The Morgan fingerprint density at radius 1 is 1.27 bits per heavy atom. The molecule has 2 atom stereocenters. The van der Waals surface area contributed by atoms with Gasteiger partial charge in [-0.3, -0.25) is 4.99 Å². The van der Waals surface area contributed by atoms with Crippen LogP contribution >= 0.6 is 11.8 Å². The molecule has 0 amide bonds. The van der Waals surface area contributed by atoms with E-state index in [4.69, 9.17) is 10.7 Å². The Labute approximate surface area is 137 Å². The fraction of sp³-hybridized carbons (Fsp3) is 0.611. The molecule has 3 rings (SSSR count). The van der Waals surface area contributed by atoms with Gasteiger partial charge in [0.2, 0.25) is 0 Å². The van der Waals surface area contributed by atoms with E-state index in [1.807, 2.05) is 32.5 Å². The molecule has 2 N–H and O–H groups in total. The zero-order valence-corrected chi connectivity index (χ0v) is 14.7. The molecule has 1 saturated carbocycles. The molecule has 2 unspecified atom stereocenters. The van der Waals surface area contributed by atoms with E-state index in [0.29, 0.717) is 17.2 Å². The highest BCUT2D eigenvalue weighted by atomic mass is 32.2. The smallest absolute Gasteiger partial charge is 0.129 e. The summed E-state index contributed by atoms with van der Waals surface area (Å²) in [6, 6.07) is 4.93. The number of rotatable bonds is 1. The van der Waals surface area contributed by atoms with Crippen molar-refractivity contribution in [2.24, 2.45) is 10.9 Å². The van der Waals surface area contributed by atoms with Crippen molar-refractivity contribution in [3.05, 3.63) is 29.6 Å². The topological polar surface area (TPSA) is 38.4 Å². The molecule has 122 valence electrons. The zero-order chi connectivity index (χ0) is 16.2. The van der Waals surface area contributed by atoms with Crippen LogP contribution in [0.4, 0.5) is 10.1 Å². The minimum atomic E-state index is -0.384. The van der Waals surface area contributed by atoms with E-state index in [0.717, 1.165) is 30.1 Å². The molecular formula is C18H27FN2S. The molecule has 1 fully saturated rings. The Morgan fingerprint density at radius 3 is 2.82 bits per heavy atom. The van der Waals surface area contributed by atoms with Gasteiger partial charge in [0.15, 0.2) is 0 Å². The molecular weight excluding hydrogens is 295 g/mol. The number of hydrogen-bond donors (Lipinski definition) is 1. The SMILES string of the molecule is CC.CC1=NC2(c3cc(N)ccc3F)CCCCCC2CS1. The van der Waals surface area contributed by atoms with Gasteiger partial charge < -0.3 is 5.73 Å². The van der Waals surface area contributed by atoms with Crippen LogP contribution in [0.25, 0.3) is 0 Å². The first-order valence-corrected chi connectivity index (χ1v) is 9.35. The Balaban J connectivity index is 0.000000847. The summed E-state index contributed by atoms with van der Waals surface area (Å²) < 4.78 is 14.4. The lowest BCUT2D eigenvalue weighted by atomic mass is 9.75. The van der Waals surface area contributed by atoms with Crippen molar-refractivity contribution in [1.82, 2.24) is 0 Å². The Bertz CT molecular complexity index is 544. The van der Waals surface area contributed by atoms with Crippen LogP contribution in [0.3, 0.4) is 0 Å². The van der Waals surface area contributed by atoms with E-state index in [1.165, 1.54) is 18.9 Å². The quantitative estimate of drug-likeness (QED) is 0.705. The first kappa shape index (κ1) is 17.3. The normalized spacial score (nSPS) is 27.8. The summed E-state index contributed by atoms with van der Waals surface area (Å²) in [5.41, 5.74) is 6.86. The van der Waals surface area contributed by atoms with Gasteiger partial charge in [0.25, 0.3) is 0 Å².